The van der Waals surface area contributed by atoms with Crippen LogP contribution in [-0.2, 0) is 4.79 Å². The maximum atomic E-state index is 12.0. The number of nitrogens with one attached hydrogen (secondary N) is 1. The van der Waals surface area contributed by atoms with Gasteiger partial charge in [-0.05, 0) is 33.2 Å². The van der Waals surface area contributed by atoms with Crippen molar-refractivity contribution in [1.29, 1.82) is 0 Å². The van der Waals surface area contributed by atoms with Crippen molar-refractivity contribution in [2.24, 2.45) is 0 Å². The summed E-state index contributed by atoms with van der Waals surface area (Å²) in [5, 5.41) is 6.14. The molecule has 1 saturated heterocycles. The lowest BCUT2D eigenvalue weighted by atomic mass is 9.94. The molecule has 8 heteroatoms. The molecule has 0 aromatic carbocycles. The summed E-state index contributed by atoms with van der Waals surface area (Å²) in [6.45, 7) is 6.18. The van der Waals surface area contributed by atoms with Crippen LogP contribution in [0.2, 0.25) is 0 Å². The molecule has 0 saturated carbocycles. The number of aromatic nitrogens is 3. The van der Waals surface area contributed by atoms with E-state index in [2.05, 4.69) is 25.2 Å². The zero-order chi connectivity index (χ0) is 18.7. The van der Waals surface area contributed by atoms with E-state index < -0.39 is 0 Å². The minimum Gasteiger partial charge on any atom is -0.348 e. The summed E-state index contributed by atoms with van der Waals surface area (Å²) in [4.78, 5) is 29.5. The average molecular weight is 375 g/mol. The first-order chi connectivity index (χ1) is 12.4. The Morgan fingerprint density at radius 2 is 2.15 bits per heavy atom. The largest absolute Gasteiger partial charge is 0.348 e. The summed E-state index contributed by atoms with van der Waals surface area (Å²) in [7, 11) is 3.60. The van der Waals surface area contributed by atoms with Gasteiger partial charge in [-0.2, -0.15) is 0 Å². The molecule has 1 N–H and O–H groups in total. The van der Waals surface area contributed by atoms with Gasteiger partial charge in [0, 0.05) is 38.0 Å². The second kappa shape index (κ2) is 8.09. The van der Waals surface area contributed by atoms with Crippen LogP contribution in [-0.4, -0.2) is 64.4 Å². The number of carbonyl (C=O) groups is 1. The van der Waals surface area contributed by atoms with E-state index in [0.29, 0.717) is 12.5 Å². The fourth-order valence-electron chi connectivity index (χ4n) is 3.16. The van der Waals surface area contributed by atoms with E-state index in [4.69, 9.17) is 0 Å². The molecule has 0 spiro atoms. The molecule has 1 amide bonds. The molecule has 1 aliphatic rings. The topological polar surface area (TPSA) is 74.2 Å². The quantitative estimate of drug-likeness (QED) is 0.867. The Morgan fingerprint density at radius 1 is 1.35 bits per heavy atom. The van der Waals surface area contributed by atoms with Gasteiger partial charge in [0.05, 0.1) is 17.9 Å². The molecule has 0 aliphatic carbocycles. The highest BCUT2D eigenvalue weighted by molar-refractivity contribution is 7.13. The molecule has 1 aliphatic heterocycles. The number of anilines is 2. The number of thiazole rings is 1. The smallest absolute Gasteiger partial charge is 0.236 e. The number of amides is 1. The van der Waals surface area contributed by atoms with E-state index in [1.807, 2.05) is 25.3 Å². The van der Waals surface area contributed by atoms with E-state index in [-0.39, 0.29) is 5.91 Å². The number of nitrogens with zero attached hydrogens (tertiary/aromatic N) is 5. The van der Waals surface area contributed by atoms with Crippen molar-refractivity contribution >= 4 is 28.2 Å². The Kier molecular flexibility index (Phi) is 5.83. The van der Waals surface area contributed by atoms with Gasteiger partial charge in [-0.25, -0.2) is 15.0 Å². The molecule has 2 aromatic rings. The summed E-state index contributed by atoms with van der Waals surface area (Å²) in [6.07, 6.45) is 2.15. The second-order valence-corrected chi connectivity index (χ2v) is 7.86. The van der Waals surface area contributed by atoms with Crippen LogP contribution in [0.15, 0.2) is 11.4 Å². The Balaban J connectivity index is 1.72. The molecule has 0 unspecified atom stereocenters. The third-order valence-corrected chi connectivity index (χ3v) is 5.37. The fourth-order valence-corrected chi connectivity index (χ4v) is 3.85. The molecule has 1 fully saturated rings. The highest BCUT2D eigenvalue weighted by Crippen LogP contribution is 2.28. The molecule has 3 rings (SSSR count). The van der Waals surface area contributed by atoms with Crippen LogP contribution in [0, 0.1) is 13.8 Å². The van der Waals surface area contributed by atoms with Crippen molar-refractivity contribution in [1.82, 2.24) is 24.8 Å². The molecule has 26 heavy (non-hydrogen) atoms. The summed E-state index contributed by atoms with van der Waals surface area (Å²) >= 11 is 1.57. The van der Waals surface area contributed by atoms with Crippen LogP contribution in [0.3, 0.4) is 0 Å². The van der Waals surface area contributed by atoms with E-state index in [9.17, 15) is 4.79 Å². The summed E-state index contributed by atoms with van der Waals surface area (Å²) in [6, 6.07) is 2.02. The molecule has 7 nitrogen and oxygen atoms in total. The van der Waals surface area contributed by atoms with Crippen molar-refractivity contribution in [2.45, 2.75) is 32.6 Å². The summed E-state index contributed by atoms with van der Waals surface area (Å²) < 4.78 is 0. The molecule has 0 bridgehead atoms. The Bertz CT molecular complexity index is 775. The third-order valence-electron chi connectivity index (χ3n) is 4.49. The number of hydrogen-bond acceptors (Lipinski definition) is 7. The normalized spacial score (nSPS) is 17.9. The van der Waals surface area contributed by atoms with Gasteiger partial charge < -0.3 is 10.2 Å². The molecular weight excluding hydrogens is 348 g/mol. The molecule has 2 aromatic heterocycles. The van der Waals surface area contributed by atoms with Gasteiger partial charge >= 0.3 is 0 Å². The lowest BCUT2D eigenvalue weighted by molar-refractivity contribution is -0.130. The standard InChI is InChI=1S/C18H26N6OS/c1-12-11-26-18(19-12)22-16-8-15(20-13(2)21-16)14-6-5-7-24(9-14)10-17(25)23(3)4/h8,11,14H,5-7,9-10H2,1-4H3,(H,19,20,21,22)/t14-/m1/s1. The number of hydrogen-bond donors (Lipinski definition) is 1. The third kappa shape index (κ3) is 4.76. The molecule has 3 heterocycles. The number of piperidine rings is 1. The van der Waals surface area contributed by atoms with E-state index >= 15 is 0 Å². The number of likely N-dealkylation sites (N-methyl/N-ethyl adjacent to an activating group) is 1. The van der Waals surface area contributed by atoms with Crippen LogP contribution in [0.25, 0.3) is 0 Å². The van der Waals surface area contributed by atoms with Crippen molar-refractivity contribution in [3.63, 3.8) is 0 Å². The van der Waals surface area contributed by atoms with E-state index in [1.165, 1.54) is 0 Å². The predicted octanol–water partition coefficient (Wildman–Crippen LogP) is 2.56. The number of aryl methyl sites for hydroxylation is 2. The maximum absolute atomic E-state index is 12.0. The average Bonchev–Trinajstić information content (AvgIpc) is 2.99. The predicted molar refractivity (Wildman–Crippen MR) is 104 cm³/mol. The lowest BCUT2D eigenvalue weighted by Gasteiger charge is -2.32. The zero-order valence-corrected chi connectivity index (χ0v) is 16.6. The van der Waals surface area contributed by atoms with Gasteiger partial charge in [0.25, 0.3) is 0 Å². The van der Waals surface area contributed by atoms with Crippen molar-refractivity contribution in [3.8, 4) is 0 Å². The van der Waals surface area contributed by atoms with Gasteiger partial charge in [-0.3, -0.25) is 9.69 Å². The molecule has 140 valence electrons. The second-order valence-electron chi connectivity index (χ2n) is 7.01. The maximum Gasteiger partial charge on any atom is 0.236 e. The van der Waals surface area contributed by atoms with Crippen LogP contribution in [0.1, 0.15) is 36.0 Å². The molecule has 0 radical (unpaired) electrons. The summed E-state index contributed by atoms with van der Waals surface area (Å²) in [5.41, 5.74) is 2.03. The zero-order valence-electron chi connectivity index (χ0n) is 15.8. The minimum absolute atomic E-state index is 0.144. The Hall–Kier alpha value is -2.06. The molecule has 1 atom stereocenters. The Morgan fingerprint density at radius 3 is 2.85 bits per heavy atom. The first-order valence-electron chi connectivity index (χ1n) is 8.88. The van der Waals surface area contributed by atoms with Gasteiger partial charge in [-0.1, -0.05) is 0 Å². The number of rotatable bonds is 5. The molecular formula is C18H26N6OS. The monoisotopic (exact) mass is 374 g/mol. The van der Waals surface area contributed by atoms with E-state index in [0.717, 1.165) is 54.1 Å². The first kappa shape index (κ1) is 18.7. The van der Waals surface area contributed by atoms with Crippen LogP contribution >= 0.6 is 11.3 Å². The fraction of sp³-hybridized carbons (Fsp3) is 0.556. The SMILES string of the molecule is Cc1csc(Nc2cc([C@@H]3CCCN(CC(=O)N(C)C)C3)nc(C)n2)n1. The van der Waals surface area contributed by atoms with Crippen molar-refractivity contribution in [2.75, 3.05) is 39.0 Å². The number of carbonyl (C=O) groups excluding carboxylic acids is 1. The summed E-state index contributed by atoms with van der Waals surface area (Å²) in [5.74, 6) is 1.99. The van der Waals surface area contributed by atoms with Gasteiger partial charge in [0.15, 0.2) is 5.13 Å². The van der Waals surface area contributed by atoms with Gasteiger partial charge in [0.1, 0.15) is 11.6 Å². The first-order valence-corrected chi connectivity index (χ1v) is 9.76. The van der Waals surface area contributed by atoms with Crippen LogP contribution in [0.4, 0.5) is 10.9 Å². The van der Waals surface area contributed by atoms with Gasteiger partial charge in [-0.15, -0.1) is 11.3 Å². The highest BCUT2D eigenvalue weighted by Gasteiger charge is 2.25. The minimum atomic E-state index is 0.144. The Labute approximate surface area is 158 Å². The van der Waals surface area contributed by atoms with Crippen LogP contribution < -0.4 is 5.32 Å². The highest BCUT2D eigenvalue weighted by atomic mass is 32.1. The lowest BCUT2D eigenvalue weighted by Crippen LogP contribution is -2.41. The van der Waals surface area contributed by atoms with E-state index in [1.54, 1.807) is 30.3 Å². The van der Waals surface area contributed by atoms with Crippen LogP contribution in [0.5, 0.6) is 0 Å². The number of likely N-dealkylation sites (tertiary alicyclic amines) is 1. The van der Waals surface area contributed by atoms with Crippen molar-refractivity contribution < 1.29 is 4.79 Å². The van der Waals surface area contributed by atoms with Gasteiger partial charge in [0.2, 0.25) is 5.91 Å². The van der Waals surface area contributed by atoms with Crippen molar-refractivity contribution in [3.05, 3.63) is 28.7 Å².